The Morgan fingerprint density at radius 2 is 2.00 bits per heavy atom. The van der Waals surface area contributed by atoms with E-state index in [2.05, 4.69) is 64.3 Å². The van der Waals surface area contributed by atoms with Gasteiger partial charge in [0.15, 0.2) is 0 Å². The maximum Gasteiger partial charge on any atom is 0.294 e. The highest BCUT2D eigenvalue weighted by Gasteiger charge is 2.50. The van der Waals surface area contributed by atoms with Crippen molar-refractivity contribution >= 4 is 25.2 Å². The second-order valence-electron chi connectivity index (χ2n) is 5.44. The van der Waals surface area contributed by atoms with E-state index in [9.17, 15) is 0 Å². The maximum atomic E-state index is 2.71. The predicted molar refractivity (Wildman–Crippen MR) is 76.9 cm³/mol. The van der Waals surface area contributed by atoms with Gasteiger partial charge in [-0.25, -0.2) is 4.58 Å². The summed E-state index contributed by atoms with van der Waals surface area (Å²) in [6, 6.07) is 10.8. The fraction of sp³-hybridized carbons (Fsp3) is 0.462. The summed E-state index contributed by atoms with van der Waals surface area (Å²) in [5.41, 5.74) is 1.42. The first-order chi connectivity index (χ1) is 8.17. The highest BCUT2D eigenvalue weighted by atomic mass is 35.5. The second-order valence-corrected chi connectivity index (χ2v) is 11.4. The minimum Gasteiger partial charge on any atom is -1.00 e. The molecule has 2 aliphatic heterocycles. The van der Waals surface area contributed by atoms with Crippen molar-refractivity contribution in [3.63, 3.8) is 0 Å². The molecule has 98 valence electrons. The van der Waals surface area contributed by atoms with Crippen molar-refractivity contribution < 1.29 is 17.0 Å². The Balaban J connectivity index is 0.00000120. The lowest BCUT2D eigenvalue weighted by atomic mass is 10.2. The largest absolute Gasteiger partial charge is 1.00 e. The van der Waals surface area contributed by atoms with Crippen LogP contribution in [0.15, 0.2) is 30.3 Å². The van der Waals surface area contributed by atoms with Crippen LogP contribution in [0.2, 0.25) is 13.1 Å². The predicted octanol–water partition coefficient (Wildman–Crippen LogP) is -0.634. The van der Waals surface area contributed by atoms with Crippen LogP contribution in [0, 0.1) is 0 Å². The minimum atomic E-state index is -1.11. The summed E-state index contributed by atoms with van der Waals surface area (Å²) in [5.74, 6) is 0. The molecule has 2 aliphatic rings. The summed E-state index contributed by atoms with van der Waals surface area (Å²) < 4.78 is 5.27. The quantitative estimate of drug-likeness (QED) is 0.530. The van der Waals surface area contributed by atoms with Gasteiger partial charge in [0.2, 0.25) is 0 Å². The number of halogens is 1. The Kier molecular flexibility index (Phi) is 4.09. The van der Waals surface area contributed by atoms with Crippen molar-refractivity contribution in [3.05, 3.63) is 35.9 Å². The average Bonchev–Trinajstić information content (AvgIpc) is 2.84. The van der Waals surface area contributed by atoms with Gasteiger partial charge in [-0.1, -0.05) is 30.3 Å². The zero-order valence-electron chi connectivity index (χ0n) is 10.9. The number of thioether (sulfide) groups is 1. The Hall–Kier alpha value is -0.453. The van der Waals surface area contributed by atoms with Crippen molar-refractivity contribution in [2.75, 3.05) is 18.5 Å². The number of nitrogens with zero attached hydrogens (tertiary/aromatic N) is 2. The van der Waals surface area contributed by atoms with Crippen molar-refractivity contribution in [2.45, 2.75) is 19.6 Å². The normalized spacial score (nSPS) is 20.9. The van der Waals surface area contributed by atoms with E-state index in [1.54, 1.807) is 5.17 Å². The van der Waals surface area contributed by atoms with Gasteiger partial charge >= 0.3 is 0 Å². The molecule has 0 atom stereocenters. The first kappa shape index (κ1) is 14.0. The number of amidine groups is 1. The van der Waals surface area contributed by atoms with E-state index in [1.807, 2.05) is 0 Å². The lowest BCUT2D eigenvalue weighted by Crippen LogP contribution is -3.00. The zero-order valence-corrected chi connectivity index (χ0v) is 13.5. The fourth-order valence-corrected chi connectivity index (χ4v) is 8.02. The van der Waals surface area contributed by atoms with Crippen LogP contribution in [0.3, 0.4) is 0 Å². The summed E-state index contributed by atoms with van der Waals surface area (Å²) in [7, 11) is -1.11. The van der Waals surface area contributed by atoms with Crippen molar-refractivity contribution in [2.24, 2.45) is 0 Å². The Labute approximate surface area is 121 Å². The number of fused-ring (bicyclic) bond motifs is 1. The van der Waals surface area contributed by atoms with Crippen molar-refractivity contribution in [1.82, 2.24) is 4.57 Å². The lowest BCUT2D eigenvalue weighted by molar-refractivity contribution is -0.531. The van der Waals surface area contributed by atoms with Crippen LogP contribution in [-0.2, 0) is 6.54 Å². The first-order valence-electron chi connectivity index (χ1n) is 6.23. The molecule has 0 radical (unpaired) electrons. The molecule has 1 fully saturated rings. The molecule has 0 unspecified atom stereocenters. The monoisotopic (exact) mass is 298 g/mol. The Morgan fingerprint density at radius 1 is 1.28 bits per heavy atom. The highest BCUT2D eigenvalue weighted by Crippen LogP contribution is 2.32. The molecule has 0 amide bonds. The third-order valence-electron chi connectivity index (χ3n) is 3.60. The van der Waals surface area contributed by atoms with E-state index >= 15 is 0 Å². The van der Waals surface area contributed by atoms with Gasteiger partial charge in [-0.2, -0.15) is 0 Å². The molecule has 5 heteroatoms. The number of hydrogen-bond donors (Lipinski definition) is 0. The topological polar surface area (TPSA) is 6.25 Å². The van der Waals surface area contributed by atoms with Gasteiger partial charge in [-0.3, -0.25) is 0 Å². The van der Waals surface area contributed by atoms with E-state index in [-0.39, 0.29) is 12.4 Å². The van der Waals surface area contributed by atoms with Crippen molar-refractivity contribution in [3.8, 4) is 0 Å². The van der Waals surface area contributed by atoms with Crippen molar-refractivity contribution in [1.29, 1.82) is 0 Å². The van der Waals surface area contributed by atoms with Crippen LogP contribution in [0.1, 0.15) is 5.56 Å². The van der Waals surface area contributed by atoms with E-state index < -0.39 is 8.24 Å². The zero-order chi connectivity index (χ0) is 11.9. The number of hydrogen-bond acceptors (Lipinski definition) is 2. The standard InChI is InChI=1S/C13H19N2SSi.ClH/c1-17(2)11-16-13-14(8-9-15(13)17)10-12-6-4-3-5-7-12;/h3-7H,8-11H2,1-2H3;1H/q+1;/p-1. The first-order valence-corrected chi connectivity index (χ1v) is 10.4. The van der Waals surface area contributed by atoms with E-state index in [1.165, 1.54) is 24.0 Å². The molecule has 2 heterocycles. The molecule has 1 aromatic carbocycles. The van der Waals surface area contributed by atoms with E-state index in [4.69, 9.17) is 0 Å². The minimum absolute atomic E-state index is 0. The van der Waals surface area contributed by atoms with Gasteiger partial charge in [-0.15, -0.1) is 0 Å². The molecule has 3 rings (SSSR count). The molecule has 0 spiro atoms. The van der Waals surface area contributed by atoms with E-state index in [0.29, 0.717) is 0 Å². The summed E-state index contributed by atoms with van der Waals surface area (Å²) >= 11 is 2.08. The van der Waals surface area contributed by atoms with Gasteiger partial charge in [0, 0.05) is 5.38 Å². The molecule has 0 N–H and O–H groups in total. The van der Waals surface area contributed by atoms with E-state index in [0.717, 1.165) is 6.54 Å². The van der Waals surface area contributed by atoms with Gasteiger partial charge in [-0.05, 0) is 30.4 Å². The number of rotatable bonds is 2. The fourth-order valence-electron chi connectivity index (χ4n) is 2.58. The summed E-state index contributed by atoms with van der Waals surface area (Å²) in [6.45, 7) is 8.49. The summed E-state index contributed by atoms with van der Waals surface area (Å²) in [6.07, 6.45) is 0. The smallest absolute Gasteiger partial charge is 0.294 e. The second kappa shape index (κ2) is 5.27. The van der Waals surface area contributed by atoms with Gasteiger partial charge < -0.3 is 17.0 Å². The van der Waals surface area contributed by atoms with Crippen LogP contribution >= 0.6 is 11.8 Å². The molecule has 18 heavy (non-hydrogen) atoms. The lowest BCUT2D eigenvalue weighted by Gasteiger charge is -2.18. The van der Waals surface area contributed by atoms with Gasteiger partial charge in [0.05, 0.1) is 0 Å². The van der Waals surface area contributed by atoms with Crippen LogP contribution in [0.5, 0.6) is 0 Å². The molecule has 0 saturated carbocycles. The van der Waals surface area contributed by atoms with Gasteiger partial charge in [0.25, 0.3) is 13.4 Å². The third kappa shape index (κ3) is 2.46. The molecular formula is C13H19ClN2SSi. The molecule has 2 nitrogen and oxygen atoms in total. The van der Waals surface area contributed by atoms with Crippen LogP contribution in [-0.4, -0.2) is 41.0 Å². The molecular weight excluding hydrogens is 280 g/mol. The Morgan fingerprint density at radius 3 is 2.72 bits per heavy atom. The molecule has 0 aliphatic carbocycles. The van der Waals surface area contributed by atoms with Crippen LogP contribution < -0.4 is 12.4 Å². The molecule has 1 aromatic rings. The number of benzene rings is 1. The van der Waals surface area contributed by atoms with Crippen LogP contribution in [0.25, 0.3) is 0 Å². The SMILES string of the molecule is C[Si]1(C)CSC2=[N+](Cc3ccccc3)CCN21.[Cl-]. The Bertz CT molecular complexity index is 461. The molecule has 0 bridgehead atoms. The summed E-state index contributed by atoms with van der Waals surface area (Å²) in [5, 5.41) is 2.90. The molecule has 0 aromatic heterocycles. The third-order valence-corrected chi connectivity index (χ3v) is 9.80. The average molecular weight is 299 g/mol. The van der Waals surface area contributed by atoms with Gasteiger partial charge in [0.1, 0.15) is 19.6 Å². The highest BCUT2D eigenvalue weighted by molar-refractivity contribution is 8.15. The summed E-state index contributed by atoms with van der Waals surface area (Å²) in [4.78, 5) is 0. The van der Waals surface area contributed by atoms with Crippen LogP contribution in [0.4, 0.5) is 0 Å². The molecule has 1 saturated heterocycles. The maximum absolute atomic E-state index is 2.71.